The lowest BCUT2D eigenvalue weighted by Crippen LogP contribution is -2.28. The van der Waals surface area contributed by atoms with Gasteiger partial charge in [-0.25, -0.2) is 15.0 Å². The van der Waals surface area contributed by atoms with Gasteiger partial charge < -0.3 is 9.47 Å². The zero-order valence-corrected chi connectivity index (χ0v) is 19.6. The molecule has 7 heteroatoms. The van der Waals surface area contributed by atoms with E-state index in [1.54, 1.807) is 6.20 Å². The van der Waals surface area contributed by atoms with Crippen LogP contribution in [0.2, 0.25) is 0 Å². The van der Waals surface area contributed by atoms with Crippen molar-refractivity contribution >= 4 is 11.6 Å². The number of ketones is 1. The second kappa shape index (κ2) is 9.41. The zero-order chi connectivity index (χ0) is 22.8. The number of fused-ring (bicyclic) bond motifs is 1. The highest BCUT2D eigenvalue weighted by molar-refractivity contribution is 5.83. The molecule has 0 radical (unpaired) electrons. The van der Waals surface area contributed by atoms with E-state index in [9.17, 15) is 4.79 Å². The molecule has 0 saturated heterocycles. The molecule has 33 heavy (non-hydrogen) atoms. The van der Waals surface area contributed by atoms with E-state index in [1.165, 1.54) is 30.5 Å². The van der Waals surface area contributed by atoms with E-state index in [1.807, 2.05) is 36.3 Å². The zero-order valence-electron chi connectivity index (χ0n) is 19.6. The number of aryl methyl sites for hydroxylation is 3. The van der Waals surface area contributed by atoms with E-state index in [4.69, 9.17) is 9.97 Å². The average Bonchev–Trinajstić information content (AvgIpc) is 3.40. The summed E-state index contributed by atoms with van der Waals surface area (Å²) in [5.41, 5.74) is 4.29. The van der Waals surface area contributed by atoms with E-state index in [0.29, 0.717) is 24.8 Å². The number of pyridine rings is 1. The Morgan fingerprint density at radius 2 is 2.03 bits per heavy atom. The monoisotopic (exact) mass is 444 g/mol. The second-order valence-electron chi connectivity index (χ2n) is 9.38. The Balaban J connectivity index is 1.23. The summed E-state index contributed by atoms with van der Waals surface area (Å²) in [4.78, 5) is 33.5. The molecule has 3 heterocycles. The molecule has 0 N–H and O–H groups in total. The van der Waals surface area contributed by atoms with Gasteiger partial charge in [0.1, 0.15) is 17.3 Å². The summed E-state index contributed by atoms with van der Waals surface area (Å²) >= 11 is 0. The number of hydrogen-bond acceptors (Lipinski definition) is 6. The van der Waals surface area contributed by atoms with Crippen LogP contribution in [-0.4, -0.2) is 43.9 Å². The van der Waals surface area contributed by atoms with Crippen LogP contribution in [0.25, 0.3) is 11.5 Å². The van der Waals surface area contributed by atoms with E-state index < -0.39 is 0 Å². The number of nitrogens with zero attached hydrogens (tertiary/aromatic N) is 6. The van der Waals surface area contributed by atoms with Gasteiger partial charge in [0, 0.05) is 55.3 Å². The summed E-state index contributed by atoms with van der Waals surface area (Å²) in [6, 6.07) is 6.38. The number of carbonyl (C=O) groups is 1. The fourth-order valence-electron chi connectivity index (χ4n) is 5.02. The normalized spacial score (nSPS) is 15.3. The lowest BCUT2D eigenvalue weighted by Gasteiger charge is -2.29. The molecule has 1 fully saturated rings. The largest absolute Gasteiger partial charge is 0.352 e. The fraction of sp³-hybridized carbons (Fsp3) is 0.500. The minimum Gasteiger partial charge on any atom is -0.352 e. The summed E-state index contributed by atoms with van der Waals surface area (Å²) in [6.07, 6.45) is 12.8. The molecule has 0 unspecified atom stereocenters. The van der Waals surface area contributed by atoms with Crippen molar-refractivity contribution in [1.29, 1.82) is 0 Å². The van der Waals surface area contributed by atoms with Gasteiger partial charge in [-0.15, -0.1) is 0 Å². The Morgan fingerprint density at radius 1 is 1.15 bits per heavy atom. The van der Waals surface area contributed by atoms with Gasteiger partial charge in [-0.1, -0.05) is 6.07 Å². The summed E-state index contributed by atoms with van der Waals surface area (Å²) < 4.78 is 2.39. The molecule has 0 bridgehead atoms. The van der Waals surface area contributed by atoms with Crippen molar-refractivity contribution in [2.75, 3.05) is 18.5 Å². The van der Waals surface area contributed by atoms with Crippen molar-refractivity contribution in [3.8, 4) is 11.5 Å². The molecule has 172 valence electrons. The van der Waals surface area contributed by atoms with Gasteiger partial charge in [0.05, 0.1) is 6.54 Å². The standard InChI is InChI=1S/C26H32N6O/c1-18-16-28-24(32(18)19-8-5-9-19)14-6-10-20(33)17-31(2)26-21-11-7-13-22(21)29-25(30-26)23-12-3-4-15-27-23/h3-4,12,15-16,19H,5-11,13-14,17H2,1-2H3. The molecule has 0 aromatic carbocycles. The Kier molecular flexibility index (Phi) is 6.20. The van der Waals surface area contributed by atoms with E-state index in [2.05, 4.69) is 21.5 Å². The predicted molar refractivity (Wildman–Crippen MR) is 128 cm³/mol. The lowest BCUT2D eigenvalue weighted by atomic mass is 9.92. The van der Waals surface area contributed by atoms with E-state index >= 15 is 0 Å². The fourth-order valence-corrected chi connectivity index (χ4v) is 5.02. The first kappa shape index (κ1) is 21.7. The van der Waals surface area contributed by atoms with Crippen LogP contribution in [0, 0.1) is 6.92 Å². The van der Waals surface area contributed by atoms with Crippen molar-refractivity contribution in [3.63, 3.8) is 0 Å². The molecule has 7 nitrogen and oxygen atoms in total. The average molecular weight is 445 g/mol. The molecule has 0 spiro atoms. The number of imidazole rings is 1. The highest BCUT2D eigenvalue weighted by atomic mass is 16.1. The number of Topliss-reactive ketones (excluding diaryl/α,β-unsaturated/α-hetero) is 1. The number of anilines is 1. The second-order valence-corrected chi connectivity index (χ2v) is 9.38. The number of likely N-dealkylation sites (N-methyl/N-ethyl adjacent to an activating group) is 1. The van der Waals surface area contributed by atoms with Crippen molar-refractivity contribution in [2.24, 2.45) is 0 Å². The molecule has 1 saturated carbocycles. The Labute approximate surface area is 195 Å². The van der Waals surface area contributed by atoms with Gasteiger partial charge in [-0.05, 0) is 64.0 Å². The van der Waals surface area contributed by atoms with Gasteiger partial charge in [-0.2, -0.15) is 0 Å². The first-order valence-corrected chi connectivity index (χ1v) is 12.2. The van der Waals surface area contributed by atoms with Gasteiger partial charge in [-0.3, -0.25) is 9.78 Å². The molecule has 0 amide bonds. The molecule has 2 aliphatic carbocycles. The summed E-state index contributed by atoms with van der Waals surface area (Å²) in [7, 11) is 1.97. The Hall–Kier alpha value is -3.09. The van der Waals surface area contributed by atoms with Crippen LogP contribution in [-0.2, 0) is 24.1 Å². The number of aromatic nitrogens is 5. The molecule has 2 aliphatic rings. The summed E-state index contributed by atoms with van der Waals surface area (Å²) in [6.45, 7) is 2.50. The Bertz CT molecular complexity index is 1140. The maximum absolute atomic E-state index is 12.8. The molecule has 0 atom stereocenters. The highest BCUT2D eigenvalue weighted by Crippen LogP contribution is 2.34. The summed E-state index contributed by atoms with van der Waals surface area (Å²) in [5.74, 6) is 2.89. The van der Waals surface area contributed by atoms with Crippen molar-refractivity contribution in [3.05, 3.63) is 53.4 Å². The molecule has 3 aromatic heterocycles. The Morgan fingerprint density at radius 3 is 2.79 bits per heavy atom. The number of hydrogen-bond donors (Lipinski definition) is 0. The lowest BCUT2D eigenvalue weighted by molar-refractivity contribution is -0.117. The van der Waals surface area contributed by atoms with Gasteiger partial charge in [0.25, 0.3) is 0 Å². The molecular weight excluding hydrogens is 412 g/mol. The van der Waals surface area contributed by atoms with E-state index in [-0.39, 0.29) is 5.78 Å². The first-order chi connectivity index (χ1) is 16.1. The highest BCUT2D eigenvalue weighted by Gasteiger charge is 2.25. The quantitative estimate of drug-likeness (QED) is 0.490. The molecule has 3 aromatic rings. The van der Waals surface area contributed by atoms with E-state index in [0.717, 1.165) is 55.1 Å². The molecule has 5 rings (SSSR count). The number of rotatable bonds is 9. The minimum atomic E-state index is 0.237. The molecule has 0 aliphatic heterocycles. The smallest absolute Gasteiger partial charge is 0.180 e. The maximum atomic E-state index is 12.8. The molecular formula is C26H32N6O. The van der Waals surface area contributed by atoms with Gasteiger partial charge in [0.2, 0.25) is 0 Å². The third kappa shape index (κ3) is 4.54. The van der Waals surface area contributed by atoms with Crippen molar-refractivity contribution < 1.29 is 4.79 Å². The van der Waals surface area contributed by atoms with Crippen LogP contribution in [0.15, 0.2) is 30.6 Å². The predicted octanol–water partition coefficient (Wildman–Crippen LogP) is 4.29. The SMILES string of the molecule is Cc1cnc(CCCC(=O)CN(C)c2nc(-c3ccccn3)nc3c2CCC3)n1C1CCC1. The first-order valence-electron chi connectivity index (χ1n) is 12.2. The van der Waals surface area contributed by atoms with Crippen LogP contribution in [0.5, 0.6) is 0 Å². The van der Waals surface area contributed by atoms with Crippen LogP contribution >= 0.6 is 0 Å². The third-order valence-electron chi connectivity index (χ3n) is 6.93. The number of carbonyl (C=O) groups excluding carboxylic acids is 1. The van der Waals surface area contributed by atoms with Gasteiger partial charge >= 0.3 is 0 Å². The van der Waals surface area contributed by atoms with Crippen LogP contribution in [0.4, 0.5) is 5.82 Å². The van der Waals surface area contributed by atoms with Crippen molar-refractivity contribution in [2.45, 2.75) is 70.8 Å². The topological polar surface area (TPSA) is 76.8 Å². The van der Waals surface area contributed by atoms with Crippen LogP contribution < -0.4 is 4.90 Å². The maximum Gasteiger partial charge on any atom is 0.180 e. The van der Waals surface area contributed by atoms with Gasteiger partial charge in [0.15, 0.2) is 11.6 Å². The third-order valence-corrected chi connectivity index (χ3v) is 6.93. The van der Waals surface area contributed by atoms with Crippen molar-refractivity contribution in [1.82, 2.24) is 24.5 Å². The van der Waals surface area contributed by atoms with Crippen LogP contribution in [0.3, 0.4) is 0 Å². The summed E-state index contributed by atoms with van der Waals surface area (Å²) in [5, 5.41) is 0. The minimum absolute atomic E-state index is 0.237. The van der Waals surface area contributed by atoms with Crippen LogP contribution in [0.1, 0.15) is 67.3 Å².